The number of para-hydroxylation sites is 1. The SMILES string of the molecule is CCOc1cccc2c1OCCCCCNC(=O)CN(Cc1cncs1)C2. The highest BCUT2D eigenvalue weighted by Crippen LogP contribution is 2.33. The van der Waals surface area contributed by atoms with Gasteiger partial charge in [-0.1, -0.05) is 12.1 Å². The van der Waals surface area contributed by atoms with Gasteiger partial charge in [0.25, 0.3) is 0 Å². The van der Waals surface area contributed by atoms with Gasteiger partial charge in [0, 0.05) is 36.3 Å². The van der Waals surface area contributed by atoms with E-state index < -0.39 is 0 Å². The standard InChI is InChI=1S/C20H27N3O3S/c1-2-25-18-8-6-7-16-12-23(13-17-11-21-15-27-17)14-19(24)22-9-4-3-5-10-26-20(16)18/h6-8,11,15H,2-5,9-10,12-14H2,1H3,(H,22,24). The molecule has 1 aliphatic heterocycles. The first kappa shape index (κ1) is 19.6. The van der Waals surface area contributed by atoms with Crippen molar-refractivity contribution >= 4 is 17.2 Å². The fraction of sp³-hybridized carbons (Fsp3) is 0.500. The van der Waals surface area contributed by atoms with Crippen molar-refractivity contribution in [3.63, 3.8) is 0 Å². The maximum atomic E-state index is 12.4. The highest BCUT2D eigenvalue weighted by atomic mass is 32.1. The Morgan fingerprint density at radius 2 is 2.22 bits per heavy atom. The number of benzene rings is 1. The maximum absolute atomic E-state index is 12.4. The second-order valence-electron chi connectivity index (χ2n) is 6.55. The van der Waals surface area contributed by atoms with Crippen LogP contribution in [0.3, 0.4) is 0 Å². The molecule has 146 valence electrons. The highest BCUT2D eigenvalue weighted by Gasteiger charge is 2.18. The molecule has 0 radical (unpaired) electrons. The van der Waals surface area contributed by atoms with E-state index in [0.717, 1.165) is 41.2 Å². The number of carbonyl (C=O) groups excluding carboxylic acids is 1. The number of aromatic nitrogens is 1. The minimum atomic E-state index is 0.0576. The van der Waals surface area contributed by atoms with Crippen molar-refractivity contribution < 1.29 is 14.3 Å². The Balaban J connectivity index is 1.86. The van der Waals surface area contributed by atoms with Gasteiger partial charge in [-0.15, -0.1) is 11.3 Å². The van der Waals surface area contributed by atoms with Crippen LogP contribution in [0.2, 0.25) is 0 Å². The fourth-order valence-corrected chi connectivity index (χ4v) is 3.77. The van der Waals surface area contributed by atoms with Crippen molar-refractivity contribution in [3.05, 3.63) is 40.3 Å². The second kappa shape index (κ2) is 10.3. The molecule has 1 aromatic heterocycles. The number of amides is 1. The van der Waals surface area contributed by atoms with Gasteiger partial charge in [0.05, 0.1) is 25.3 Å². The van der Waals surface area contributed by atoms with Crippen molar-refractivity contribution in [3.8, 4) is 11.5 Å². The van der Waals surface area contributed by atoms with Crippen LogP contribution in [-0.4, -0.2) is 42.1 Å². The molecule has 3 rings (SSSR count). The molecule has 0 saturated carbocycles. The first-order chi connectivity index (χ1) is 13.3. The molecule has 1 aromatic carbocycles. The molecule has 1 aliphatic rings. The van der Waals surface area contributed by atoms with Crippen molar-refractivity contribution in [2.45, 2.75) is 39.3 Å². The molecule has 2 heterocycles. The Labute approximate surface area is 164 Å². The first-order valence-corrected chi connectivity index (χ1v) is 10.4. The molecule has 0 saturated heterocycles. The largest absolute Gasteiger partial charge is 0.490 e. The summed E-state index contributed by atoms with van der Waals surface area (Å²) in [5.74, 6) is 1.63. The molecule has 0 aliphatic carbocycles. The Morgan fingerprint density at radius 3 is 3.04 bits per heavy atom. The van der Waals surface area contributed by atoms with E-state index in [9.17, 15) is 4.79 Å². The number of hydrogen-bond donors (Lipinski definition) is 1. The van der Waals surface area contributed by atoms with Crippen molar-refractivity contribution in [2.75, 3.05) is 26.3 Å². The minimum Gasteiger partial charge on any atom is -0.490 e. The highest BCUT2D eigenvalue weighted by molar-refractivity contribution is 7.09. The van der Waals surface area contributed by atoms with E-state index in [0.29, 0.717) is 39.4 Å². The number of fused-ring (bicyclic) bond motifs is 1. The summed E-state index contributed by atoms with van der Waals surface area (Å²) in [5, 5.41) is 3.03. The van der Waals surface area contributed by atoms with Crippen LogP contribution in [0, 0.1) is 0 Å². The van der Waals surface area contributed by atoms with Crippen LogP contribution in [0.25, 0.3) is 0 Å². The molecule has 0 fully saturated rings. The Hall–Kier alpha value is -2.12. The molecule has 0 bridgehead atoms. The predicted octanol–water partition coefficient (Wildman–Crippen LogP) is 3.22. The fourth-order valence-electron chi connectivity index (χ4n) is 3.13. The third-order valence-corrected chi connectivity index (χ3v) is 5.14. The lowest BCUT2D eigenvalue weighted by Crippen LogP contribution is -2.37. The zero-order valence-corrected chi connectivity index (χ0v) is 16.6. The van der Waals surface area contributed by atoms with Crippen molar-refractivity contribution in [2.24, 2.45) is 0 Å². The van der Waals surface area contributed by atoms with E-state index in [4.69, 9.17) is 9.47 Å². The van der Waals surface area contributed by atoms with Crippen LogP contribution in [0.15, 0.2) is 29.9 Å². The molecule has 2 aromatic rings. The van der Waals surface area contributed by atoms with E-state index in [1.807, 2.05) is 30.8 Å². The number of ether oxygens (including phenoxy) is 2. The number of carbonyl (C=O) groups is 1. The summed E-state index contributed by atoms with van der Waals surface area (Å²) in [6.07, 6.45) is 4.80. The predicted molar refractivity (Wildman–Crippen MR) is 106 cm³/mol. The molecule has 27 heavy (non-hydrogen) atoms. The summed E-state index contributed by atoms with van der Waals surface area (Å²) in [6.45, 7) is 5.56. The third kappa shape index (κ3) is 5.94. The molecular weight excluding hydrogens is 362 g/mol. The Bertz CT molecular complexity index is 721. The normalized spacial score (nSPS) is 16.9. The summed E-state index contributed by atoms with van der Waals surface area (Å²) in [5.41, 5.74) is 2.86. The molecule has 1 N–H and O–H groups in total. The van der Waals surface area contributed by atoms with Crippen molar-refractivity contribution in [1.82, 2.24) is 15.2 Å². The van der Waals surface area contributed by atoms with Gasteiger partial charge in [0.1, 0.15) is 0 Å². The van der Waals surface area contributed by atoms with E-state index in [2.05, 4.69) is 21.3 Å². The van der Waals surface area contributed by atoms with Gasteiger partial charge in [-0.25, -0.2) is 0 Å². The molecule has 6 nitrogen and oxygen atoms in total. The van der Waals surface area contributed by atoms with Gasteiger partial charge < -0.3 is 14.8 Å². The lowest BCUT2D eigenvalue weighted by Gasteiger charge is -2.23. The summed E-state index contributed by atoms with van der Waals surface area (Å²) < 4.78 is 11.9. The molecule has 0 atom stereocenters. The smallest absolute Gasteiger partial charge is 0.234 e. The minimum absolute atomic E-state index is 0.0576. The Morgan fingerprint density at radius 1 is 1.30 bits per heavy atom. The summed E-state index contributed by atoms with van der Waals surface area (Å²) >= 11 is 1.60. The number of rotatable bonds is 4. The zero-order valence-electron chi connectivity index (χ0n) is 15.8. The zero-order chi connectivity index (χ0) is 18.9. The van der Waals surface area contributed by atoms with Gasteiger partial charge >= 0.3 is 0 Å². The maximum Gasteiger partial charge on any atom is 0.234 e. The van der Waals surface area contributed by atoms with Crippen LogP contribution >= 0.6 is 11.3 Å². The number of nitrogens with one attached hydrogen (secondary N) is 1. The van der Waals surface area contributed by atoms with E-state index in [1.165, 1.54) is 0 Å². The monoisotopic (exact) mass is 389 g/mol. The Kier molecular flexibility index (Phi) is 7.47. The topological polar surface area (TPSA) is 63.7 Å². The number of thiazole rings is 1. The quantitative estimate of drug-likeness (QED) is 0.870. The average molecular weight is 390 g/mol. The lowest BCUT2D eigenvalue weighted by molar-refractivity contribution is -0.122. The van der Waals surface area contributed by atoms with Gasteiger partial charge in [0.15, 0.2) is 11.5 Å². The van der Waals surface area contributed by atoms with Crippen LogP contribution in [0.5, 0.6) is 11.5 Å². The van der Waals surface area contributed by atoms with E-state index in [1.54, 1.807) is 11.3 Å². The molecule has 0 unspecified atom stereocenters. The van der Waals surface area contributed by atoms with Gasteiger partial charge in [-0.2, -0.15) is 0 Å². The summed E-state index contributed by atoms with van der Waals surface area (Å²) in [6, 6.07) is 5.98. The lowest BCUT2D eigenvalue weighted by atomic mass is 10.1. The first-order valence-electron chi connectivity index (χ1n) is 9.50. The van der Waals surface area contributed by atoms with Gasteiger partial charge in [-0.3, -0.25) is 14.7 Å². The van der Waals surface area contributed by atoms with Crippen LogP contribution in [0.1, 0.15) is 36.6 Å². The van der Waals surface area contributed by atoms with Crippen molar-refractivity contribution in [1.29, 1.82) is 0 Å². The molecule has 7 heteroatoms. The van der Waals surface area contributed by atoms with Crippen LogP contribution < -0.4 is 14.8 Å². The molecular formula is C20H27N3O3S. The average Bonchev–Trinajstić information content (AvgIpc) is 3.15. The second-order valence-corrected chi connectivity index (χ2v) is 7.52. The van der Waals surface area contributed by atoms with E-state index >= 15 is 0 Å². The summed E-state index contributed by atoms with van der Waals surface area (Å²) in [4.78, 5) is 19.8. The van der Waals surface area contributed by atoms with Gasteiger partial charge in [-0.05, 0) is 32.3 Å². The molecule has 1 amide bonds. The van der Waals surface area contributed by atoms with Gasteiger partial charge in [0.2, 0.25) is 5.91 Å². The number of nitrogens with zero attached hydrogens (tertiary/aromatic N) is 2. The van der Waals surface area contributed by atoms with Crippen LogP contribution in [-0.2, 0) is 17.9 Å². The van der Waals surface area contributed by atoms with E-state index in [-0.39, 0.29) is 5.91 Å². The summed E-state index contributed by atoms with van der Waals surface area (Å²) in [7, 11) is 0. The molecule has 0 spiro atoms. The third-order valence-electron chi connectivity index (χ3n) is 4.37. The van der Waals surface area contributed by atoms with Crippen LogP contribution in [0.4, 0.5) is 0 Å². The number of hydrogen-bond acceptors (Lipinski definition) is 6.